The highest BCUT2D eigenvalue weighted by Crippen LogP contribution is 2.05. The van der Waals surface area contributed by atoms with Crippen LogP contribution >= 0.6 is 0 Å². The van der Waals surface area contributed by atoms with Crippen LogP contribution in [0.15, 0.2) is 30.9 Å². The van der Waals surface area contributed by atoms with Gasteiger partial charge in [0, 0.05) is 12.4 Å². The second-order valence-electron chi connectivity index (χ2n) is 2.84. The molecule has 0 aliphatic heterocycles. The maximum absolute atomic E-state index is 10.4. The van der Waals surface area contributed by atoms with Gasteiger partial charge in [-0.25, -0.2) is 9.97 Å². The Kier molecular flexibility index (Phi) is 2.25. The highest BCUT2D eigenvalue weighted by atomic mass is 16.1. The van der Waals surface area contributed by atoms with E-state index < -0.39 is 0 Å². The number of hydrogen-bond acceptors (Lipinski definition) is 4. The molecule has 0 aliphatic carbocycles. The third kappa shape index (κ3) is 1.74. The van der Waals surface area contributed by atoms with Crippen molar-refractivity contribution in [3.8, 4) is 11.9 Å². The highest BCUT2D eigenvalue weighted by Gasteiger charge is 2.00. The monoisotopic (exact) mass is 198 g/mol. The lowest BCUT2D eigenvalue weighted by Crippen LogP contribution is -1.93. The van der Waals surface area contributed by atoms with Gasteiger partial charge in [0.05, 0.1) is 5.56 Å². The first-order valence-corrected chi connectivity index (χ1v) is 4.19. The number of aromatic nitrogens is 3. The van der Waals surface area contributed by atoms with Crippen LogP contribution in [0.3, 0.4) is 0 Å². The maximum atomic E-state index is 10.4. The van der Waals surface area contributed by atoms with Gasteiger partial charge in [-0.2, -0.15) is 5.26 Å². The zero-order valence-corrected chi connectivity index (χ0v) is 7.66. The quantitative estimate of drug-likeness (QED) is 0.673. The Labute approximate surface area is 85.6 Å². The van der Waals surface area contributed by atoms with Crippen molar-refractivity contribution in [3.63, 3.8) is 0 Å². The Morgan fingerprint density at radius 2 is 2.27 bits per heavy atom. The van der Waals surface area contributed by atoms with E-state index >= 15 is 0 Å². The molecule has 0 saturated carbocycles. The van der Waals surface area contributed by atoms with E-state index in [-0.39, 0.29) is 0 Å². The minimum Gasteiger partial charge on any atom is -0.296 e. The fraction of sp³-hybridized carbons (Fsp3) is 0. The fourth-order valence-corrected chi connectivity index (χ4v) is 1.13. The van der Waals surface area contributed by atoms with Gasteiger partial charge in [0.2, 0.25) is 0 Å². The van der Waals surface area contributed by atoms with Gasteiger partial charge in [0.25, 0.3) is 0 Å². The third-order valence-electron chi connectivity index (χ3n) is 1.86. The molecule has 2 aromatic heterocycles. The average Bonchev–Trinajstić information content (AvgIpc) is 2.78. The van der Waals surface area contributed by atoms with Gasteiger partial charge in [-0.3, -0.25) is 9.36 Å². The lowest BCUT2D eigenvalue weighted by atomic mass is 10.3. The van der Waals surface area contributed by atoms with Crippen molar-refractivity contribution in [2.75, 3.05) is 0 Å². The largest absolute Gasteiger partial charge is 0.296 e. The van der Waals surface area contributed by atoms with Gasteiger partial charge in [-0.05, 0) is 12.1 Å². The second kappa shape index (κ2) is 3.72. The van der Waals surface area contributed by atoms with E-state index in [0.29, 0.717) is 23.4 Å². The standard InChI is InChI=1S/C10H6N4O/c11-3-8-1-2-10(12-4-8)14-5-9(6-15)13-7-14/h1-2,4-7H. The number of imidazole rings is 1. The number of nitriles is 1. The Morgan fingerprint density at radius 1 is 1.40 bits per heavy atom. The topological polar surface area (TPSA) is 71.6 Å². The van der Waals surface area contributed by atoms with E-state index in [0.717, 1.165) is 0 Å². The molecule has 0 atom stereocenters. The fourth-order valence-electron chi connectivity index (χ4n) is 1.13. The predicted octanol–water partition coefficient (Wildman–Crippen LogP) is 0.951. The van der Waals surface area contributed by atoms with Crippen LogP contribution in [0.5, 0.6) is 0 Å². The molecule has 0 unspecified atom stereocenters. The minimum absolute atomic E-state index is 0.348. The summed E-state index contributed by atoms with van der Waals surface area (Å²) in [6.45, 7) is 0. The average molecular weight is 198 g/mol. The second-order valence-corrected chi connectivity index (χ2v) is 2.84. The summed E-state index contributed by atoms with van der Waals surface area (Å²) >= 11 is 0. The smallest absolute Gasteiger partial charge is 0.170 e. The molecule has 72 valence electrons. The zero-order valence-electron chi connectivity index (χ0n) is 7.66. The Morgan fingerprint density at radius 3 is 2.80 bits per heavy atom. The number of carbonyl (C=O) groups excluding carboxylic acids is 1. The summed E-state index contributed by atoms with van der Waals surface area (Å²) in [6.07, 6.45) is 5.20. The van der Waals surface area contributed by atoms with Crippen LogP contribution in [0, 0.1) is 11.3 Å². The van der Waals surface area contributed by atoms with Crippen molar-refractivity contribution in [2.45, 2.75) is 0 Å². The van der Waals surface area contributed by atoms with Crippen molar-refractivity contribution >= 4 is 6.29 Å². The van der Waals surface area contributed by atoms with E-state index in [1.807, 2.05) is 6.07 Å². The van der Waals surface area contributed by atoms with Crippen LogP contribution in [0.25, 0.3) is 5.82 Å². The molecular weight excluding hydrogens is 192 g/mol. The highest BCUT2D eigenvalue weighted by molar-refractivity contribution is 5.71. The third-order valence-corrected chi connectivity index (χ3v) is 1.86. The lowest BCUT2D eigenvalue weighted by Gasteiger charge is -1.98. The number of hydrogen-bond donors (Lipinski definition) is 0. The molecule has 0 aliphatic rings. The summed E-state index contributed by atoms with van der Waals surface area (Å²) in [6, 6.07) is 5.32. The van der Waals surface area contributed by atoms with Crippen LogP contribution in [0.2, 0.25) is 0 Å². The molecule has 0 amide bonds. The van der Waals surface area contributed by atoms with Crippen molar-refractivity contribution < 1.29 is 4.79 Å². The Balaban J connectivity index is 2.37. The van der Waals surface area contributed by atoms with Gasteiger partial charge >= 0.3 is 0 Å². The van der Waals surface area contributed by atoms with Crippen LogP contribution in [0.1, 0.15) is 16.1 Å². The minimum atomic E-state index is 0.348. The molecule has 0 aromatic carbocycles. The molecule has 2 rings (SSSR count). The Hall–Kier alpha value is -2.48. The molecule has 0 fully saturated rings. The molecule has 5 nitrogen and oxygen atoms in total. The number of aldehydes is 1. The van der Waals surface area contributed by atoms with E-state index in [4.69, 9.17) is 5.26 Å². The number of pyridine rings is 1. The van der Waals surface area contributed by atoms with Gasteiger partial charge in [-0.1, -0.05) is 0 Å². The molecule has 0 spiro atoms. The molecule has 15 heavy (non-hydrogen) atoms. The van der Waals surface area contributed by atoms with Crippen molar-refractivity contribution in [3.05, 3.63) is 42.1 Å². The van der Waals surface area contributed by atoms with E-state index in [9.17, 15) is 4.79 Å². The van der Waals surface area contributed by atoms with Crippen molar-refractivity contribution in [1.82, 2.24) is 14.5 Å². The Bertz CT molecular complexity index is 521. The zero-order chi connectivity index (χ0) is 10.7. The first-order chi connectivity index (χ1) is 7.33. The van der Waals surface area contributed by atoms with Gasteiger partial charge in [0.15, 0.2) is 6.29 Å². The molecule has 5 heteroatoms. The molecule has 0 N–H and O–H groups in total. The maximum Gasteiger partial charge on any atom is 0.170 e. The van der Waals surface area contributed by atoms with Gasteiger partial charge in [-0.15, -0.1) is 0 Å². The lowest BCUT2D eigenvalue weighted by molar-refractivity contribution is 0.111. The normalized spacial score (nSPS) is 9.53. The van der Waals surface area contributed by atoms with Crippen LogP contribution in [-0.4, -0.2) is 20.8 Å². The summed E-state index contributed by atoms with van der Waals surface area (Å²) in [4.78, 5) is 18.3. The summed E-state index contributed by atoms with van der Waals surface area (Å²) in [7, 11) is 0. The van der Waals surface area contributed by atoms with Crippen molar-refractivity contribution in [1.29, 1.82) is 5.26 Å². The molecule has 2 heterocycles. The first-order valence-electron chi connectivity index (χ1n) is 4.19. The number of rotatable bonds is 2. The molecule has 0 radical (unpaired) electrons. The van der Waals surface area contributed by atoms with E-state index in [2.05, 4.69) is 9.97 Å². The summed E-state index contributed by atoms with van der Waals surface area (Å²) in [5, 5.41) is 8.59. The number of nitrogens with zero attached hydrogens (tertiary/aromatic N) is 4. The van der Waals surface area contributed by atoms with Crippen LogP contribution < -0.4 is 0 Å². The molecule has 0 saturated heterocycles. The van der Waals surface area contributed by atoms with Crippen LogP contribution in [-0.2, 0) is 0 Å². The predicted molar refractivity (Wildman–Crippen MR) is 51.5 cm³/mol. The SMILES string of the molecule is N#Cc1ccc(-n2cnc(C=O)c2)nc1. The van der Waals surface area contributed by atoms with Crippen LogP contribution in [0.4, 0.5) is 0 Å². The van der Waals surface area contributed by atoms with Gasteiger partial charge < -0.3 is 0 Å². The van der Waals surface area contributed by atoms with Gasteiger partial charge in [0.1, 0.15) is 23.9 Å². The van der Waals surface area contributed by atoms with Crippen molar-refractivity contribution in [2.24, 2.45) is 0 Å². The summed E-state index contributed by atoms with van der Waals surface area (Å²) in [5.41, 5.74) is 0.843. The summed E-state index contributed by atoms with van der Waals surface area (Å²) < 4.78 is 1.62. The molecule has 0 bridgehead atoms. The molecular formula is C10H6N4O. The molecule has 2 aromatic rings. The first kappa shape index (κ1) is 9.09. The summed E-state index contributed by atoms with van der Waals surface area (Å²) in [5.74, 6) is 0.620. The van der Waals surface area contributed by atoms with E-state index in [1.165, 1.54) is 12.5 Å². The number of carbonyl (C=O) groups is 1. The van der Waals surface area contributed by atoms with E-state index in [1.54, 1.807) is 22.9 Å².